The lowest BCUT2D eigenvalue weighted by Gasteiger charge is -2.20. The summed E-state index contributed by atoms with van der Waals surface area (Å²) in [5.74, 6) is 0. The van der Waals surface area contributed by atoms with Crippen molar-refractivity contribution in [2.75, 3.05) is 0 Å². The molecule has 0 aromatic heterocycles. The second-order valence-electron chi connectivity index (χ2n) is 5.33. The van der Waals surface area contributed by atoms with Crippen molar-refractivity contribution in [1.29, 1.82) is 0 Å². The van der Waals surface area contributed by atoms with Gasteiger partial charge in [0.2, 0.25) is 0 Å². The average Bonchev–Trinajstić information content (AvgIpc) is 2.43. The zero-order valence-corrected chi connectivity index (χ0v) is 14.4. The summed E-state index contributed by atoms with van der Waals surface area (Å²) in [5.41, 5.74) is -0.256. The third-order valence-electron chi connectivity index (χ3n) is 2.49. The summed E-state index contributed by atoms with van der Waals surface area (Å²) in [6.45, 7) is 6.63. The molecule has 0 heterocycles. The monoisotopic (exact) mass is 341 g/mol. The molecule has 0 aliphatic heterocycles. The fraction of sp³-hybridized carbons (Fsp3) is 0.400. The molecule has 23 heavy (non-hydrogen) atoms. The molecule has 0 aliphatic rings. The zero-order chi connectivity index (χ0) is 17.6. The molecular formula is C15H20NO6P. The van der Waals surface area contributed by atoms with Crippen LogP contribution in [-0.4, -0.2) is 22.7 Å². The zero-order valence-electron chi connectivity index (χ0n) is 13.5. The van der Waals surface area contributed by atoms with E-state index in [0.717, 1.165) is 6.08 Å². The summed E-state index contributed by atoms with van der Waals surface area (Å²) >= 11 is 0. The van der Waals surface area contributed by atoms with Crippen LogP contribution in [0.4, 0.5) is 5.69 Å². The molecule has 0 aliphatic carbocycles. The van der Waals surface area contributed by atoms with E-state index in [1.165, 1.54) is 30.3 Å². The van der Waals surface area contributed by atoms with Crippen LogP contribution in [0.1, 0.15) is 33.3 Å². The Labute approximate surface area is 135 Å². The van der Waals surface area contributed by atoms with E-state index in [4.69, 9.17) is 9.05 Å². The molecule has 0 radical (unpaired) electrons. The van der Waals surface area contributed by atoms with Crippen molar-refractivity contribution < 1.29 is 23.3 Å². The van der Waals surface area contributed by atoms with Gasteiger partial charge in [0.25, 0.3) is 11.2 Å². The normalized spacial score (nSPS) is 12.3. The second kappa shape index (κ2) is 8.15. The smallest absolute Gasteiger partial charge is 0.300 e. The second-order valence-corrected chi connectivity index (χ2v) is 7.18. The first-order chi connectivity index (χ1) is 10.6. The third kappa shape index (κ3) is 6.06. The van der Waals surface area contributed by atoms with Crippen LogP contribution < -0.4 is 0 Å². The molecule has 0 unspecified atom stereocenters. The third-order valence-corrected chi connectivity index (χ3v) is 4.58. The number of rotatable bonds is 8. The minimum Gasteiger partial charge on any atom is -0.300 e. The number of nitro benzene ring substituents is 1. The first-order valence-electron chi connectivity index (χ1n) is 7.08. The largest absolute Gasteiger partial charge is 0.401 e. The molecule has 1 aromatic rings. The Bertz CT molecular complexity index is 622. The van der Waals surface area contributed by atoms with Crippen molar-refractivity contribution in [2.24, 2.45) is 0 Å². The Morgan fingerprint density at radius 2 is 1.61 bits per heavy atom. The van der Waals surface area contributed by atoms with E-state index >= 15 is 0 Å². The molecule has 0 saturated carbocycles. The predicted molar refractivity (Wildman–Crippen MR) is 87.2 cm³/mol. The van der Waals surface area contributed by atoms with Crippen LogP contribution in [0, 0.1) is 10.1 Å². The highest BCUT2D eigenvalue weighted by molar-refractivity contribution is 7.72. The molecule has 0 amide bonds. The molecule has 0 N–H and O–H groups in total. The maximum absolute atomic E-state index is 12.6. The van der Waals surface area contributed by atoms with Crippen LogP contribution in [0.5, 0.6) is 0 Å². The summed E-state index contributed by atoms with van der Waals surface area (Å²) in [6.07, 6.45) is 1.64. The van der Waals surface area contributed by atoms with Gasteiger partial charge in [0.15, 0.2) is 0 Å². The van der Waals surface area contributed by atoms with Gasteiger partial charge >= 0.3 is 7.60 Å². The van der Waals surface area contributed by atoms with E-state index in [1.807, 2.05) is 0 Å². The van der Waals surface area contributed by atoms with Crippen molar-refractivity contribution in [1.82, 2.24) is 0 Å². The average molecular weight is 341 g/mol. The number of benzene rings is 1. The van der Waals surface area contributed by atoms with Crippen LogP contribution >= 0.6 is 7.60 Å². The number of hydrogen-bond donors (Lipinski definition) is 0. The van der Waals surface area contributed by atoms with Gasteiger partial charge in [0, 0.05) is 12.1 Å². The van der Waals surface area contributed by atoms with Gasteiger partial charge in [0.1, 0.15) is 0 Å². The van der Waals surface area contributed by atoms with Gasteiger partial charge in [-0.25, -0.2) is 0 Å². The molecule has 0 fully saturated rings. The molecule has 0 spiro atoms. The van der Waals surface area contributed by atoms with Crippen LogP contribution in [-0.2, 0) is 18.4 Å². The van der Waals surface area contributed by atoms with Gasteiger partial charge in [-0.2, -0.15) is 0 Å². The fourth-order valence-corrected chi connectivity index (χ4v) is 3.27. The first-order valence-corrected chi connectivity index (χ1v) is 8.62. The number of nitrogens with zero attached hydrogens (tertiary/aromatic N) is 1. The minimum absolute atomic E-state index is 0.0505. The first kappa shape index (κ1) is 19.2. The summed E-state index contributed by atoms with van der Waals surface area (Å²) in [5, 5.41) is 10.6. The maximum Gasteiger partial charge on any atom is 0.401 e. The number of allylic oxidation sites excluding steroid dienone is 1. The van der Waals surface area contributed by atoms with Crippen LogP contribution in [0.3, 0.4) is 0 Å². The molecule has 0 bridgehead atoms. The van der Waals surface area contributed by atoms with Gasteiger partial charge in [0.05, 0.1) is 17.1 Å². The lowest BCUT2D eigenvalue weighted by Crippen LogP contribution is -2.12. The molecule has 1 aromatic carbocycles. The van der Waals surface area contributed by atoms with E-state index in [2.05, 4.69) is 0 Å². The Morgan fingerprint density at radius 1 is 1.13 bits per heavy atom. The molecule has 126 valence electrons. The summed E-state index contributed by atoms with van der Waals surface area (Å²) in [6, 6.07) is 5.61. The minimum atomic E-state index is -3.92. The van der Waals surface area contributed by atoms with E-state index in [9.17, 15) is 19.5 Å². The summed E-state index contributed by atoms with van der Waals surface area (Å²) in [7, 11) is -3.92. The van der Waals surface area contributed by atoms with Gasteiger partial charge in [-0.3, -0.25) is 19.5 Å². The lowest BCUT2D eigenvalue weighted by molar-refractivity contribution is -0.384. The Kier molecular flexibility index (Phi) is 6.81. The highest BCUT2D eigenvalue weighted by Gasteiger charge is 2.35. The molecule has 1 rings (SSSR count). The van der Waals surface area contributed by atoms with Crippen molar-refractivity contribution >= 4 is 24.9 Å². The van der Waals surface area contributed by atoms with Gasteiger partial charge in [-0.05, 0) is 51.5 Å². The summed E-state index contributed by atoms with van der Waals surface area (Å²) < 4.78 is 22.9. The molecule has 0 saturated heterocycles. The molecule has 8 heteroatoms. The maximum atomic E-state index is 12.6. The molecular weight excluding hydrogens is 321 g/mol. The Hall–Kier alpha value is -1.82. The number of non-ortho nitro benzene ring substituents is 1. The van der Waals surface area contributed by atoms with Crippen molar-refractivity contribution in [3.8, 4) is 0 Å². The topological polar surface area (TPSA) is 95.7 Å². The van der Waals surface area contributed by atoms with E-state index < -0.39 is 30.3 Å². The van der Waals surface area contributed by atoms with Gasteiger partial charge in [-0.1, -0.05) is 6.08 Å². The SMILES string of the molecule is CC(C)OP(=O)(OC(C)C)C(=O)/C=C/c1ccc([N+](=O)[O-])cc1. The quantitative estimate of drug-likeness (QED) is 0.305. The van der Waals surface area contributed by atoms with Crippen molar-refractivity contribution in [3.05, 3.63) is 46.0 Å². The highest BCUT2D eigenvalue weighted by atomic mass is 31.2. The van der Waals surface area contributed by atoms with Crippen molar-refractivity contribution in [2.45, 2.75) is 39.9 Å². The van der Waals surface area contributed by atoms with Crippen LogP contribution in [0.25, 0.3) is 6.08 Å². The van der Waals surface area contributed by atoms with Gasteiger partial charge in [-0.15, -0.1) is 0 Å². The number of hydrogen-bond acceptors (Lipinski definition) is 6. The Balaban J connectivity index is 2.92. The molecule has 0 atom stereocenters. The lowest BCUT2D eigenvalue weighted by atomic mass is 10.2. The number of carbonyl (C=O) groups excluding carboxylic acids is 1. The standard InChI is InChI=1S/C15H20NO6P/c1-11(2)21-23(20,22-12(3)4)15(17)10-7-13-5-8-14(9-6-13)16(18)19/h5-12H,1-4H3/b10-7+. The van der Waals surface area contributed by atoms with E-state index in [1.54, 1.807) is 27.7 Å². The van der Waals surface area contributed by atoms with E-state index in [-0.39, 0.29) is 5.69 Å². The summed E-state index contributed by atoms with van der Waals surface area (Å²) in [4.78, 5) is 22.2. The van der Waals surface area contributed by atoms with Crippen LogP contribution in [0.15, 0.2) is 30.3 Å². The van der Waals surface area contributed by atoms with Crippen LogP contribution in [0.2, 0.25) is 0 Å². The highest BCUT2D eigenvalue weighted by Crippen LogP contribution is 2.51. The van der Waals surface area contributed by atoms with Gasteiger partial charge < -0.3 is 9.05 Å². The fourth-order valence-electron chi connectivity index (χ4n) is 1.65. The number of carbonyl (C=O) groups is 1. The Morgan fingerprint density at radius 3 is 2.00 bits per heavy atom. The predicted octanol–water partition coefficient (Wildman–Crippen LogP) is 4.18. The van der Waals surface area contributed by atoms with E-state index in [0.29, 0.717) is 5.56 Å². The van der Waals surface area contributed by atoms with Crippen molar-refractivity contribution in [3.63, 3.8) is 0 Å². The molecule has 7 nitrogen and oxygen atoms in total. The number of nitro groups is 1.